The Labute approximate surface area is 213 Å². The van der Waals surface area contributed by atoms with Crippen molar-refractivity contribution in [2.45, 2.75) is 45.0 Å². The quantitative estimate of drug-likeness (QED) is 0.330. The molecule has 1 amide bonds. The number of nitrogens with one attached hydrogen (secondary N) is 1. The first-order chi connectivity index (χ1) is 17.3. The Bertz CT molecular complexity index is 1700. The van der Waals surface area contributed by atoms with Gasteiger partial charge in [-0.25, -0.2) is 4.57 Å². The van der Waals surface area contributed by atoms with Crippen molar-refractivity contribution < 1.29 is 4.79 Å². The Morgan fingerprint density at radius 2 is 1.72 bits per heavy atom. The zero-order chi connectivity index (χ0) is 25.6. The van der Waals surface area contributed by atoms with Gasteiger partial charge < -0.3 is 5.32 Å². The van der Waals surface area contributed by atoms with Gasteiger partial charge in [-0.15, -0.1) is 10.2 Å². The maximum Gasteiger partial charge on any atom is 0.267 e. The summed E-state index contributed by atoms with van der Waals surface area (Å²) in [6.45, 7) is 9.82. The molecule has 8 heteroatoms. The summed E-state index contributed by atoms with van der Waals surface area (Å²) in [7, 11) is 0. The van der Waals surface area contributed by atoms with Crippen molar-refractivity contribution in [2.24, 2.45) is 0 Å². The summed E-state index contributed by atoms with van der Waals surface area (Å²) in [6.07, 6.45) is 0. The van der Waals surface area contributed by atoms with Crippen molar-refractivity contribution in [3.8, 4) is 5.69 Å². The summed E-state index contributed by atoms with van der Waals surface area (Å²) in [5, 5.41) is 12.5. The third kappa shape index (κ3) is 4.07. The Morgan fingerprint density at radius 1 is 0.944 bits per heavy atom. The lowest BCUT2D eigenvalue weighted by Gasteiger charge is -2.15. The SMILES string of the molecule is Cc1ccc(C)c(NC(=O)C(C)Sc2nnc3n(-c4cccc(C)c4C)c(=O)c4ccccc4n23)c1. The molecule has 1 atom stereocenters. The van der Waals surface area contributed by atoms with Crippen molar-refractivity contribution >= 4 is 40.0 Å². The van der Waals surface area contributed by atoms with Gasteiger partial charge in [-0.05, 0) is 81.1 Å². The highest BCUT2D eigenvalue weighted by atomic mass is 32.2. The number of para-hydroxylation sites is 1. The van der Waals surface area contributed by atoms with Crippen LogP contribution in [0.3, 0.4) is 0 Å². The molecule has 1 N–H and O–H groups in total. The second-order valence-corrected chi connectivity index (χ2v) is 10.4. The highest BCUT2D eigenvalue weighted by molar-refractivity contribution is 8.00. The van der Waals surface area contributed by atoms with Crippen LogP contribution in [0.2, 0.25) is 0 Å². The van der Waals surface area contributed by atoms with E-state index in [1.807, 2.05) is 99.7 Å². The van der Waals surface area contributed by atoms with E-state index in [0.717, 1.165) is 33.6 Å². The molecule has 0 spiro atoms. The van der Waals surface area contributed by atoms with Crippen LogP contribution in [0.4, 0.5) is 5.69 Å². The van der Waals surface area contributed by atoms with Crippen molar-refractivity contribution in [2.75, 3.05) is 5.32 Å². The zero-order valence-electron chi connectivity index (χ0n) is 20.9. The average molecular weight is 498 g/mol. The highest BCUT2D eigenvalue weighted by Gasteiger charge is 2.23. The normalized spacial score (nSPS) is 12.2. The van der Waals surface area contributed by atoms with Gasteiger partial charge in [0, 0.05) is 5.69 Å². The van der Waals surface area contributed by atoms with Crippen LogP contribution in [0.25, 0.3) is 22.4 Å². The van der Waals surface area contributed by atoms with Gasteiger partial charge in [0.15, 0.2) is 5.16 Å². The third-order valence-electron chi connectivity index (χ3n) is 6.51. The van der Waals surface area contributed by atoms with Gasteiger partial charge >= 0.3 is 0 Å². The largest absolute Gasteiger partial charge is 0.325 e. The molecule has 0 bridgehead atoms. The van der Waals surface area contributed by atoms with E-state index in [1.165, 1.54) is 11.8 Å². The van der Waals surface area contributed by atoms with Crippen LogP contribution in [0.15, 0.2) is 70.6 Å². The van der Waals surface area contributed by atoms with Crippen molar-refractivity contribution in [1.82, 2.24) is 19.2 Å². The van der Waals surface area contributed by atoms with E-state index >= 15 is 0 Å². The van der Waals surface area contributed by atoms with Crippen LogP contribution in [-0.2, 0) is 4.79 Å². The molecule has 2 aromatic heterocycles. The molecule has 0 aliphatic heterocycles. The molecule has 36 heavy (non-hydrogen) atoms. The molecule has 2 heterocycles. The molecule has 0 saturated heterocycles. The van der Waals surface area contributed by atoms with Gasteiger partial charge in [-0.2, -0.15) is 0 Å². The number of carbonyl (C=O) groups is 1. The number of thioether (sulfide) groups is 1. The van der Waals surface area contributed by atoms with Gasteiger partial charge in [0.05, 0.1) is 21.8 Å². The number of amides is 1. The summed E-state index contributed by atoms with van der Waals surface area (Å²) in [4.78, 5) is 26.7. The lowest BCUT2D eigenvalue weighted by atomic mass is 10.1. The molecule has 5 rings (SSSR count). The van der Waals surface area contributed by atoms with E-state index in [-0.39, 0.29) is 11.5 Å². The molecule has 182 valence electrons. The maximum absolute atomic E-state index is 13.6. The summed E-state index contributed by atoms with van der Waals surface area (Å²) in [5.41, 5.74) is 6.27. The smallest absolute Gasteiger partial charge is 0.267 e. The number of carbonyl (C=O) groups excluding carboxylic acids is 1. The number of aromatic nitrogens is 4. The molecule has 0 aliphatic rings. The number of hydrogen-bond acceptors (Lipinski definition) is 5. The second kappa shape index (κ2) is 9.28. The number of hydrogen-bond donors (Lipinski definition) is 1. The van der Waals surface area contributed by atoms with Gasteiger partial charge in [0.2, 0.25) is 11.7 Å². The summed E-state index contributed by atoms with van der Waals surface area (Å²) < 4.78 is 3.48. The second-order valence-electron chi connectivity index (χ2n) is 9.06. The third-order valence-corrected chi connectivity index (χ3v) is 7.56. The van der Waals surface area contributed by atoms with Gasteiger partial charge in [0.1, 0.15) is 0 Å². The lowest BCUT2D eigenvalue weighted by Crippen LogP contribution is -2.24. The molecule has 0 aliphatic carbocycles. The van der Waals surface area contributed by atoms with Gasteiger partial charge in [-0.1, -0.05) is 48.2 Å². The van der Waals surface area contributed by atoms with Gasteiger partial charge in [0.25, 0.3) is 5.56 Å². The zero-order valence-corrected chi connectivity index (χ0v) is 21.7. The van der Waals surface area contributed by atoms with Crippen LogP contribution in [0, 0.1) is 27.7 Å². The number of rotatable bonds is 5. The first-order valence-corrected chi connectivity index (χ1v) is 12.6. The van der Waals surface area contributed by atoms with Crippen LogP contribution in [-0.4, -0.2) is 30.3 Å². The van der Waals surface area contributed by atoms with E-state index in [9.17, 15) is 9.59 Å². The van der Waals surface area contributed by atoms with E-state index in [2.05, 4.69) is 15.5 Å². The molecule has 0 radical (unpaired) electrons. The van der Waals surface area contributed by atoms with Crippen LogP contribution < -0.4 is 10.9 Å². The topological polar surface area (TPSA) is 81.3 Å². The molecule has 0 fully saturated rings. The predicted octanol–water partition coefficient (Wildman–Crippen LogP) is 5.39. The Morgan fingerprint density at radius 3 is 2.53 bits per heavy atom. The molecule has 3 aromatic carbocycles. The fraction of sp³-hybridized carbons (Fsp3) is 0.214. The minimum Gasteiger partial charge on any atom is -0.325 e. The number of benzene rings is 3. The van der Waals surface area contributed by atoms with Crippen molar-refractivity contribution in [3.05, 3.63) is 93.3 Å². The summed E-state index contributed by atoms with van der Waals surface area (Å²) in [5.74, 6) is 0.287. The Kier molecular flexibility index (Phi) is 6.14. The van der Waals surface area contributed by atoms with Gasteiger partial charge in [-0.3, -0.25) is 14.0 Å². The molecular formula is C28H27N5O2S. The van der Waals surface area contributed by atoms with Crippen molar-refractivity contribution in [1.29, 1.82) is 0 Å². The van der Waals surface area contributed by atoms with E-state index in [0.29, 0.717) is 21.8 Å². The monoisotopic (exact) mass is 497 g/mol. The number of aryl methyl sites for hydroxylation is 3. The molecule has 0 saturated carbocycles. The highest BCUT2D eigenvalue weighted by Crippen LogP contribution is 2.28. The molecule has 1 unspecified atom stereocenters. The predicted molar refractivity (Wildman–Crippen MR) is 145 cm³/mol. The molecule has 5 aromatic rings. The summed E-state index contributed by atoms with van der Waals surface area (Å²) >= 11 is 1.31. The van der Waals surface area contributed by atoms with E-state index in [1.54, 1.807) is 4.57 Å². The number of nitrogens with zero attached hydrogens (tertiary/aromatic N) is 4. The first-order valence-electron chi connectivity index (χ1n) is 11.8. The standard InChI is InChI=1S/C28H27N5O2S/c1-16-13-14-18(3)22(15-16)29-25(34)20(5)36-28-31-30-27-32(23-12-8-9-17(2)19(23)4)26(35)21-10-6-7-11-24(21)33(27)28/h6-15,20H,1-5H3,(H,29,34). The van der Waals surface area contributed by atoms with Crippen LogP contribution >= 0.6 is 11.8 Å². The maximum atomic E-state index is 13.6. The van der Waals surface area contributed by atoms with E-state index < -0.39 is 5.25 Å². The average Bonchev–Trinajstić information content (AvgIpc) is 3.27. The Hall–Kier alpha value is -3.91. The Balaban J connectivity index is 1.61. The lowest BCUT2D eigenvalue weighted by molar-refractivity contribution is -0.115. The number of fused-ring (bicyclic) bond motifs is 3. The minimum atomic E-state index is -0.447. The molecular weight excluding hydrogens is 470 g/mol. The fourth-order valence-corrected chi connectivity index (χ4v) is 5.12. The van der Waals surface area contributed by atoms with Crippen LogP contribution in [0.5, 0.6) is 0 Å². The van der Waals surface area contributed by atoms with E-state index in [4.69, 9.17) is 0 Å². The minimum absolute atomic E-state index is 0.127. The van der Waals surface area contributed by atoms with Crippen molar-refractivity contribution in [3.63, 3.8) is 0 Å². The number of anilines is 1. The first kappa shape index (κ1) is 23.8. The fourth-order valence-electron chi connectivity index (χ4n) is 4.27. The summed E-state index contributed by atoms with van der Waals surface area (Å²) in [6, 6.07) is 19.3. The van der Waals surface area contributed by atoms with Crippen LogP contribution in [0.1, 0.15) is 29.2 Å². The molecule has 7 nitrogen and oxygen atoms in total.